The van der Waals surface area contributed by atoms with Crippen LogP contribution in [0.2, 0.25) is 0 Å². The SMILES string of the molecule is Bc1cnc(Br)s1. The largest absolute Gasteiger partial charge is 0.238 e. The van der Waals surface area contributed by atoms with Crippen LogP contribution < -0.4 is 4.78 Å². The fourth-order valence-electron chi connectivity index (χ4n) is 0.327. The molecule has 0 atom stereocenters. The molecule has 4 heteroatoms. The van der Waals surface area contributed by atoms with Gasteiger partial charge >= 0.3 is 0 Å². The zero-order chi connectivity index (χ0) is 5.28. The maximum atomic E-state index is 3.95. The first-order chi connectivity index (χ1) is 3.29. The van der Waals surface area contributed by atoms with Crippen LogP contribution >= 0.6 is 27.3 Å². The van der Waals surface area contributed by atoms with Crippen molar-refractivity contribution >= 4 is 39.9 Å². The van der Waals surface area contributed by atoms with Gasteiger partial charge in [0.2, 0.25) is 0 Å². The molecule has 0 saturated carbocycles. The van der Waals surface area contributed by atoms with E-state index in [-0.39, 0.29) is 0 Å². The molecule has 1 aromatic heterocycles. The Labute approximate surface area is 55.3 Å². The summed E-state index contributed by atoms with van der Waals surface area (Å²) in [5, 5.41) is 0. The highest BCUT2D eigenvalue weighted by Gasteiger charge is 1.88. The van der Waals surface area contributed by atoms with Gasteiger partial charge in [0.25, 0.3) is 0 Å². The third-order valence-corrected chi connectivity index (χ3v) is 1.98. The van der Waals surface area contributed by atoms with Crippen LogP contribution in [-0.2, 0) is 0 Å². The molecule has 1 nitrogen and oxygen atoms in total. The van der Waals surface area contributed by atoms with Gasteiger partial charge in [0, 0.05) is 6.20 Å². The fraction of sp³-hybridized carbons (Fsp3) is 0. The normalized spacial score (nSPS) is 9.29. The van der Waals surface area contributed by atoms with Gasteiger partial charge in [-0.25, -0.2) is 4.98 Å². The van der Waals surface area contributed by atoms with Crippen LogP contribution in [-0.4, -0.2) is 12.8 Å². The first kappa shape index (κ1) is 5.31. The van der Waals surface area contributed by atoms with Gasteiger partial charge in [-0.3, -0.25) is 0 Å². The minimum Gasteiger partial charge on any atom is -0.238 e. The minimum atomic E-state index is 0.963. The first-order valence-corrected chi connectivity index (χ1v) is 3.48. The van der Waals surface area contributed by atoms with E-state index in [9.17, 15) is 0 Å². The van der Waals surface area contributed by atoms with Crippen LogP contribution in [0, 0.1) is 0 Å². The maximum Gasteiger partial charge on any atom is 0.158 e. The predicted octanol–water partition coefficient (Wildman–Crippen LogP) is 0.164. The number of aromatic nitrogens is 1. The summed E-state index contributed by atoms with van der Waals surface area (Å²) in [6.07, 6.45) is 1.84. The molecule has 0 saturated heterocycles. The monoisotopic (exact) mass is 175 g/mol. The molecule has 0 N–H and O–H groups in total. The van der Waals surface area contributed by atoms with E-state index in [1.54, 1.807) is 11.3 Å². The minimum absolute atomic E-state index is 0.963. The molecule has 0 fully saturated rings. The van der Waals surface area contributed by atoms with Crippen molar-refractivity contribution in [1.29, 1.82) is 0 Å². The van der Waals surface area contributed by atoms with Gasteiger partial charge < -0.3 is 0 Å². The molecule has 0 spiro atoms. The summed E-state index contributed by atoms with van der Waals surface area (Å²) >= 11 is 4.89. The molecule has 0 radical (unpaired) electrons. The molecule has 0 bridgehead atoms. The summed E-state index contributed by atoms with van der Waals surface area (Å²) in [6, 6.07) is 0. The Morgan fingerprint density at radius 3 is 2.71 bits per heavy atom. The highest BCUT2D eigenvalue weighted by atomic mass is 79.9. The van der Waals surface area contributed by atoms with Gasteiger partial charge in [-0.05, 0) is 20.7 Å². The second-order valence-electron chi connectivity index (χ2n) is 1.22. The Balaban J connectivity index is 3.04. The van der Waals surface area contributed by atoms with Crippen molar-refractivity contribution in [3.63, 3.8) is 0 Å². The number of rotatable bonds is 0. The summed E-state index contributed by atoms with van der Waals surface area (Å²) in [7, 11) is 2.03. The fourth-order valence-corrected chi connectivity index (χ4v) is 1.67. The number of hydrogen-bond donors (Lipinski definition) is 0. The molecular formula is C3H3BBrNS. The zero-order valence-corrected chi connectivity index (χ0v) is 6.21. The topological polar surface area (TPSA) is 12.9 Å². The van der Waals surface area contributed by atoms with Crippen LogP contribution in [0.25, 0.3) is 0 Å². The van der Waals surface area contributed by atoms with E-state index in [1.807, 2.05) is 14.0 Å². The van der Waals surface area contributed by atoms with Crippen molar-refractivity contribution in [3.05, 3.63) is 10.1 Å². The van der Waals surface area contributed by atoms with E-state index in [1.165, 1.54) is 4.78 Å². The Hall–Kier alpha value is 0.175. The summed E-state index contributed by atoms with van der Waals surface area (Å²) in [5.74, 6) is 0. The van der Waals surface area contributed by atoms with E-state index in [0.717, 1.165) is 3.92 Å². The van der Waals surface area contributed by atoms with E-state index in [0.29, 0.717) is 0 Å². The van der Waals surface area contributed by atoms with Crippen molar-refractivity contribution < 1.29 is 0 Å². The molecule has 1 heterocycles. The highest BCUT2D eigenvalue weighted by molar-refractivity contribution is 9.11. The molecule has 0 aromatic carbocycles. The predicted molar refractivity (Wildman–Crippen MR) is 38.0 cm³/mol. The molecule has 0 aliphatic heterocycles. The summed E-state index contributed by atoms with van der Waals surface area (Å²) in [6.45, 7) is 0. The van der Waals surface area contributed by atoms with Crippen LogP contribution in [0.3, 0.4) is 0 Å². The van der Waals surface area contributed by atoms with Crippen LogP contribution in [0.4, 0.5) is 0 Å². The van der Waals surface area contributed by atoms with Gasteiger partial charge in [0.1, 0.15) is 0 Å². The van der Waals surface area contributed by atoms with E-state index in [2.05, 4.69) is 20.9 Å². The summed E-state index contributed by atoms with van der Waals surface area (Å²) in [5.41, 5.74) is 0. The molecular weight excluding hydrogens is 173 g/mol. The van der Waals surface area contributed by atoms with Gasteiger partial charge in [-0.2, -0.15) is 0 Å². The first-order valence-electron chi connectivity index (χ1n) is 1.87. The van der Waals surface area contributed by atoms with Gasteiger partial charge in [0.15, 0.2) is 11.8 Å². The second-order valence-corrected chi connectivity index (χ2v) is 3.73. The number of halogens is 1. The van der Waals surface area contributed by atoms with Gasteiger partial charge in [-0.1, -0.05) is 0 Å². The molecule has 0 aliphatic rings. The molecule has 1 aromatic rings. The van der Waals surface area contributed by atoms with Crippen molar-refractivity contribution in [2.24, 2.45) is 0 Å². The maximum absolute atomic E-state index is 3.95. The number of hydrogen-bond acceptors (Lipinski definition) is 2. The third-order valence-electron chi connectivity index (χ3n) is 0.593. The van der Waals surface area contributed by atoms with E-state index < -0.39 is 0 Å². The average Bonchev–Trinajstić information content (AvgIpc) is 1.87. The van der Waals surface area contributed by atoms with Gasteiger partial charge in [0.05, 0.1) is 0 Å². The lowest BCUT2D eigenvalue weighted by atomic mass is 10.1. The summed E-state index contributed by atoms with van der Waals surface area (Å²) in [4.78, 5) is 3.95. The Morgan fingerprint density at radius 1 is 1.86 bits per heavy atom. The van der Waals surface area contributed by atoms with Crippen molar-refractivity contribution in [3.8, 4) is 0 Å². The Bertz CT molecular complexity index is 147. The number of thiazole rings is 1. The second kappa shape index (κ2) is 1.96. The zero-order valence-electron chi connectivity index (χ0n) is 3.81. The molecule has 0 aliphatic carbocycles. The number of nitrogens with zero attached hydrogens (tertiary/aromatic N) is 1. The van der Waals surface area contributed by atoms with E-state index >= 15 is 0 Å². The standard InChI is InChI=1S/C3H3BBrNS/c4-2-1-6-3(5)7-2/h1H,4H2. The molecule has 0 unspecified atom stereocenters. The Kier molecular flexibility index (Phi) is 1.49. The van der Waals surface area contributed by atoms with Crippen molar-refractivity contribution in [2.45, 2.75) is 0 Å². The molecule has 0 amide bonds. The average molecular weight is 176 g/mol. The molecule has 7 heavy (non-hydrogen) atoms. The van der Waals surface area contributed by atoms with Crippen LogP contribution in [0.1, 0.15) is 0 Å². The van der Waals surface area contributed by atoms with Crippen molar-refractivity contribution in [1.82, 2.24) is 4.98 Å². The Morgan fingerprint density at radius 2 is 2.57 bits per heavy atom. The van der Waals surface area contributed by atoms with E-state index in [4.69, 9.17) is 0 Å². The van der Waals surface area contributed by atoms with Crippen LogP contribution in [0.15, 0.2) is 10.1 Å². The lowest BCUT2D eigenvalue weighted by Gasteiger charge is -1.66. The lowest BCUT2D eigenvalue weighted by molar-refractivity contribution is 1.39. The highest BCUT2D eigenvalue weighted by Crippen LogP contribution is 2.07. The lowest BCUT2D eigenvalue weighted by Crippen LogP contribution is -1.89. The van der Waals surface area contributed by atoms with Gasteiger partial charge in [-0.15, -0.1) is 11.3 Å². The quantitative estimate of drug-likeness (QED) is 0.513. The molecule has 36 valence electrons. The van der Waals surface area contributed by atoms with Crippen LogP contribution in [0.5, 0.6) is 0 Å². The third kappa shape index (κ3) is 1.28. The molecule has 1 rings (SSSR count). The summed E-state index contributed by atoms with van der Waals surface area (Å²) < 4.78 is 2.21. The smallest absolute Gasteiger partial charge is 0.158 e. The van der Waals surface area contributed by atoms with Crippen molar-refractivity contribution in [2.75, 3.05) is 0 Å².